The highest BCUT2D eigenvalue weighted by atomic mass is 16.5. The van der Waals surface area contributed by atoms with E-state index in [1.807, 2.05) is 0 Å². The number of amidine groups is 1. The molecule has 0 spiro atoms. The van der Waals surface area contributed by atoms with Gasteiger partial charge in [0.15, 0.2) is 5.84 Å². The van der Waals surface area contributed by atoms with Gasteiger partial charge in [-0.3, -0.25) is 4.79 Å². The van der Waals surface area contributed by atoms with Gasteiger partial charge in [0.1, 0.15) is 12.4 Å². The number of benzene rings is 1. The summed E-state index contributed by atoms with van der Waals surface area (Å²) >= 11 is 0. The van der Waals surface area contributed by atoms with Crippen molar-refractivity contribution in [2.75, 3.05) is 26.7 Å². The van der Waals surface area contributed by atoms with E-state index in [9.17, 15) is 4.79 Å². The van der Waals surface area contributed by atoms with Crippen LogP contribution in [0, 0.1) is 0 Å². The van der Waals surface area contributed by atoms with Gasteiger partial charge in [-0.1, -0.05) is 5.16 Å². The average molecular weight is 266 g/mol. The Morgan fingerprint density at radius 3 is 2.68 bits per heavy atom. The van der Waals surface area contributed by atoms with Crippen molar-refractivity contribution in [3.05, 3.63) is 29.8 Å². The second-order valence-corrected chi connectivity index (χ2v) is 3.71. The van der Waals surface area contributed by atoms with E-state index in [-0.39, 0.29) is 18.3 Å². The Morgan fingerprint density at radius 2 is 2.11 bits per heavy atom. The molecule has 0 aliphatic heterocycles. The van der Waals surface area contributed by atoms with E-state index in [2.05, 4.69) is 15.8 Å². The molecule has 0 bridgehead atoms. The van der Waals surface area contributed by atoms with E-state index in [1.54, 1.807) is 31.3 Å². The molecule has 5 N–H and O–H groups in total. The number of carbonyl (C=O) groups is 1. The summed E-state index contributed by atoms with van der Waals surface area (Å²) in [5.74, 6) is 0.665. The van der Waals surface area contributed by atoms with Crippen molar-refractivity contribution in [2.24, 2.45) is 10.9 Å². The molecule has 0 aliphatic rings. The summed E-state index contributed by atoms with van der Waals surface area (Å²) in [6, 6.07) is 6.85. The fraction of sp³-hybridized carbons (Fsp3) is 0.333. The molecule has 0 fully saturated rings. The summed E-state index contributed by atoms with van der Waals surface area (Å²) in [6.45, 7) is 1.28. The van der Waals surface area contributed by atoms with Crippen molar-refractivity contribution < 1.29 is 14.7 Å². The first kappa shape index (κ1) is 14.8. The highest BCUT2D eigenvalue weighted by Crippen LogP contribution is 2.11. The van der Waals surface area contributed by atoms with Crippen LogP contribution in [0.15, 0.2) is 29.4 Å². The Balaban J connectivity index is 2.29. The van der Waals surface area contributed by atoms with Gasteiger partial charge in [0.25, 0.3) is 0 Å². The number of rotatable bonds is 7. The van der Waals surface area contributed by atoms with Gasteiger partial charge >= 0.3 is 0 Å². The third-order valence-electron chi connectivity index (χ3n) is 2.37. The third-order valence-corrected chi connectivity index (χ3v) is 2.37. The predicted molar refractivity (Wildman–Crippen MR) is 71.4 cm³/mol. The third kappa shape index (κ3) is 5.26. The fourth-order valence-corrected chi connectivity index (χ4v) is 1.31. The maximum atomic E-state index is 10.9. The SMILES string of the molecule is CNC(=O)CNCCOc1ccc(C(N)=NO)cc1. The molecular weight excluding hydrogens is 248 g/mol. The van der Waals surface area contributed by atoms with Gasteiger partial charge in [0.05, 0.1) is 6.54 Å². The van der Waals surface area contributed by atoms with Crippen LogP contribution >= 0.6 is 0 Å². The lowest BCUT2D eigenvalue weighted by Gasteiger charge is -2.07. The van der Waals surface area contributed by atoms with Crippen LogP contribution in [0.4, 0.5) is 0 Å². The van der Waals surface area contributed by atoms with Gasteiger partial charge in [-0.25, -0.2) is 0 Å². The van der Waals surface area contributed by atoms with E-state index in [1.165, 1.54) is 0 Å². The Bertz CT molecular complexity index is 431. The van der Waals surface area contributed by atoms with Crippen LogP contribution in [-0.4, -0.2) is 43.7 Å². The molecule has 0 heterocycles. The minimum absolute atomic E-state index is 0.0544. The molecule has 0 saturated heterocycles. The summed E-state index contributed by atoms with van der Waals surface area (Å²) in [4.78, 5) is 10.9. The second kappa shape index (κ2) is 7.93. The van der Waals surface area contributed by atoms with Crippen LogP contribution in [-0.2, 0) is 4.79 Å². The Hall–Kier alpha value is -2.28. The molecule has 0 saturated carbocycles. The summed E-state index contributed by atoms with van der Waals surface area (Å²) in [7, 11) is 1.59. The van der Waals surface area contributed by atoms with Crippen molar-refractivity contribution in [3.63, 3.8) is 0 Å². The first-order chi connectivity index (χ1) is 9.17. The molecule has 7 heteroatoms. The van der Waals surface area contributed by atoms with E-state index < -0.39 is 0 Å². The zero-order valence-corrected chi connectivity index (χ0v) is 10.7. The molecule has 1 aromatic carbocycles. The molecular formula is C12H18N4O3. The van der Waals surface area contributed by atoms with Crippen LogP contribution in [0.1, 0.15) is 5.56 Å². The summed E-state index contributed by atoms with van der Waals surface area (Å²) in [5, 5.41) is 16.9. The predicted octanol–water partition coefficient (Wildman–Crippen LogP) is -0.504. The van der Waals surface area contributed by atoms with E-state index in [4.69, 9.17) is 15.7 Å². The normalized spacial score (nSPS) is 11.1. The number of hydrogen-bond donors (Lipinski definition) is 4. The molecule has 0 radical (unpaired) electrons. The van der Waals surface area contributed by atoms with Crippen LogP contribution < -0.4 is 21.1 Å². The van der Waals surface area contributed by atoms with Crippen molar-refractivity contribution >= 4 is 11.7 Å². The maximum absolute atomic E-state index is 10.9. The molecule has 19 heavy (non-hydrogen) atoms. The molecule has 7 nitrogen and oxygen atoms in total. The molecule has 1 rings (SSSR count). The largest absolute Gasteiger partial charge is 0.492 e. The van der Waals surface area contributed by atoms with Gasteiger partial charge in [-0.05, 0) is 24.3 Å². The van der Waals surface area contributed by atoms with E-state index in [0.29, 0.717) is 24.5 Å². The van der Waals surface area contributed by atoms with Crippen molar-refractivity contribution in [1.29, 1.82) is 0 Å². The number of likely N-dealkylation sites (N-methyl/N-ethyl adjacent to an activating group) is 1. The number of oxime groups is 1. The number of nitrogens with zero attached hydrogens (tertiary/aromatic N) is 1. The average Bonchev–Trinajstić information content (AvgIpc) is 2.46. The van der Waals surface area contributed by atoms with Crippen molar-refractivity contribution in [2.45, 2.75) is 0 Å². The number of amides is 1. The van der Waals surface area contributed by atoms with Crippen molar-refractivity contribution in [1.82, 2.24) is 10.6 Å². The van der Waals surface area contributed by atoms with Gasteiger partial charge < -0.3 is 26.3 Å². The van der Waals surface area contributed by atoms with Crippen molar-refractivity contribution in [3.8, 4) is 5.75 Å². The van der Waals surface area contributed by atoms with Crippen LogP contribution in [0.5, 0.6) is 5.75 Å². The topological polar surface area (TPSA) is 109 Å². The first-order valence-electron chi connectivity index (χ1n) is 5.79. The lowest BCUT2D eigenvalue weighted by molar-refractivity contribution is -0.119. The molecule has 0 atom stereocenters. The Kier molecular flexibility index (Phi) is 6.17. The van der Waals surface area contributed by atoms with E-state index in [0.717, 1.165) is 0 Å². The standard InChI is InChI=1S/C12H18N4O3/c1-14-11(17)8-15-6-7-19-10-4-2-9(3-5-10)12(13)16-18/h2-5,15,18H,6-8H2,1H3,(H2,13,16)(H,14,17). The molecule has 1 aromatic rings. The molecule has 104 valence electrons. The van der Waals surface area contributed by atoms with Gasteiger partial charge in [-0.2, -0.15) is 0 Å². The Morgan fingerprint density at radius 1 is 1.42 bits per heavy atom. The second-order valence-electron chi connectivity index (χ2n) is 3.71. The minimum Gasteiger partial charge on any atom is -0.492 e. The highest BCUT2D eigenvalue weighted by molar-refractivity contribution is 5.97. The number of carbonyl (C=O) groups excluding carboxylic acids is 1. The number of nitrogens with one attached hydrogen (secondary N) is 2. The smallest absolute Gasteiger partial charge is 0.233 e. The van der Waals surface area contributed by atoms with Gasteiger partial charge in [0.2, 0.25) is 5.91 Å². The Labute approximate surface area is 111 Å². The monoisotopic (exact) mass is 266 g/mol. The van der Waals surface area contributed by atoms with Crippen LogP contribution in [0.2, 0.25) is 0 Å². The number of ether oxygens (including phenoxy) is 1. The van der Waals surface area contributed by atoms with Gasteiger partial charge in [0, 0.05) is 19.2 Å². The summed E-state index contributed by atoms with van der Waals surface area (Å²) in [6.07, 6.45) is 0. The highest BCUT2D eigenvalue weighted by Gasteiger charge is 2.00. The number of hydrogen-bond acceptors (Lipinski definition) is 5. The molecule has 0 aliphatic carbocycles. The van der Waals surface area contributed by atoms with Gasteiger partial charge in [-0.15, -0.1) is 0 Å². The molecule has 0 aromatic heterocycles. The van der Waals surface area contributed by atoms with E-state index >= 15 is 0 Å². The lowest BCUT2D eigenvalue weighted by atomic mass is 10.2. The zero-order valence-electron chi connectivity index (χ0n) is 10.7. The molecule has 1 amide bonds. The summed E-state index contributed by atoms with van der Waals surface area (Å²) in [5.41, 5.74) is 6.05. The molecule has 0 unspecified atom stereocenters. The van der Waals surface area contributed by atoms with Crippen LogP contribution in [0.25, 0.3) is 0 Å². The summed E-state index contributed by atoms with van der Waals surface area (Å²) < 4.78 is 5.45. The first-order valence-corrected chi connectivity index (χ1v) is 5.79. The van der Waals surface area contributed by atoms with Crippen LogP contribution in [0.3, 0.4) is 0 Å². The lowest BCUT2D eigenvalue weighted by Crippen LogP contribution is -2.33. The maximum Gasteiger partial charge on any atom is 0.233 e. The zero-order chi connectivity index (χ0) is 14.1. The quantitative estimate of drug-likeness (QED) is 0.175. The fourth-order valence-electron chi connectivity index (χ4n) is 1.31. The minimum atomic E-state index is -0.0666. The number of nitrogens with two attached hydrogens (primary N) is 1.